The van der Waals surface area contributed by atoms with E-state index in [1.807, 2.05) is 32.9 Å². The Labute approximate surface area is 204 Å². The van der Waals surface area contributed by atoms with E-state index in [0.29, 0.717) is 22.7 Å². The summed E-state index contributed by atoms with van der Waals surface area (Å²) in [5.74, 6) is -0.345. The molecule has 0 saturated carbocycles. The number of aromatic nitrogens is 4. The summed E-state index contributed by atoms with van der Waals surface area (Å²) >= 11 is 1.28. The van der Waals surface area contributed by atoms with E-state index in [4.69, 9.17) is 4.84 Å². The maximum absolute atomic E-state index is 13.7. The second kappa shape index (κ2) is 8.74. The average Bonchev–Trinajstić information content (AvgIpc) is 3.50. The van der Waals surface area contributed by atoms with Crippen molar-refractivity contribution in [3.05, 3.63) is 60.9 Å². The van der Waals surface area contributed by atoms with Crippen LogP contribution < -0.4 is 11.2 Å². The minimum absolute atomic E-state index is 0.00639. The molecule has 1 saturated heterocycles. The zero-order valence-corrected chi connectivity index (χ0v) is 20.8. The standard InChI is InChI=1S/C24H27N5O5S/c1-12(2)9-28-23-19(21(31)27(4)24(28)33)18(22(32)29-10-14(30)11-34-29)17(35-23)8-16-13(3)26-20-15(16)6-5-7-25-20/h5-7,12,14,30H,8-11H2,1-4H3,(H,25,26)/t14-/m1/s1. The van der Waals surface area contributed by atoms with Gasteiger partial charge in [0.15, 0.2) is 0 Å². The SMILES string of the molecule is Cc1[nH]c2ncccc2c1Cc1sc2c(c1C(=O)N1C[C@@H](O)CO1)c(=O)n(C)c(=O)n2CC(C)C. The molecule has 1 aliphatic heterocycles. The van der Waals surface area contributed by atoms with Gasteiger partial charge < -0.3 is 10.1 Å². The third kappa shape index (κ3) is 3.89. The Balaban J connectivity index is 1.78. The van der Waals surface area contributed by atoms with Gasteiger partial charge in [-0.05, 0) is 30.5 Å². The number of hydrogen-bond acceptors (Lipinski definition) is 7. The van der Waals surface area contributed by atoms with Crippen LogP contribution in [0, 0.1) is 12.8 Å². The van der Waals surface area contributed by atoms with Gasteiger partial charge in [-0.3, -0.25) is 23.6 Å². The Kier molecular flexibility index (Phi) is 5.86. The Hall–Kier alpha value is -3.28. The van der Waals surface area contributed by atoms with Gasteiger partial charge in [0.05, 0.1) is 17.5 Å². The summed E-state index contributed by atoms with van der Waals surface area (Å²) in [7, 11) is 1.43. The number of aryl methyl sites for hydroxylation is 1. The van der Waals surface area contributed by atoms with Crippen LogP contribution in [0.4, 0.5) is 0 Å². The number of aliphatic hydroxyl groups is 1. The number of thiophene rings is 1. The van der Waals surface area contributed by atoms with E-state index < -0.39 is 23.3 Å². The number of aromatic amines is 1. The molecule has 0 aromatic carbocycles. The summed E-state index contributed by atoms with van der Waals surface area (Å²) in [5, 5.41) is 12.2. The van der Waals surface area contributed by atoms with Crippen molar-refractivity contribution in [2.75, 3.05) is 13.2 Å². The van der Waals surface area contributed by atoms with Crippen LogP contribution in [0.1, 0.15) is 40.3 Å². The molecular formula is C24H27N5O5S. The van der Waals surface area contributed by atoms with Crippen LogP contribution in [0.5, 0.6) is 0 Å². The number of carbonyl (C=O) groups is 1. The third-order valence-corrected chi connectivity index (χ3v) is 7.47. The largest absolute Gasteiger partial charge is 0.389 e. The second-order valence-electron chi connectivity index (χ2n) is 9.35. The number of nitrogens with one attached hydrogen (secondary N) is 1. The fraction of sp³-hybridized carbons (Fsp3) is 0.417. The Morgan fingerprint density at radius 1 is 1.37 bits per heavy atom. The fourth-order valence-corrected chi connectivity index (χ4v) is 5.88. The molecule has 0 aliphatic carbocycles. The lowest BCUT2D eigenvalue weighted by atomic mass is 10.0. The van der Waals surface area contributed by atoms with Crippen molar-refractivity contribution >= 4 is 38.5 Å². The van der Waals surface area contributed by atoms with Crippen LogP contribution in [-0.4, -0.2) is 54.4 Å². The van der Waals surface area contributed by atoms with Crippen LogP contribution in [-0.2, 0) is 24.9 Å². The lowest BCUT2D eigenvalue weighted by molar-refractivity contribution is -0.0778. The van der Waals surface area contributed by atoms with Crippen molar-refractivity contribution < 1.29 is 14.7 Å². The van der Waals surface area contributed by atoms with E-state index in [1.54, 1.807) is 10.8 Å². The number of amides is 1. The Morgan fingerprint density at radius 3 is 2.83 bits per heavy atom. The third-order valence-electron chi connectivity index (χ3n) is 6.26. The van der Waals surface area contributed by atoms with Crippen molar-refractivity contribution in [2.24, 2.45) is 13.0 Å². The molecular weight excluding hydrogens is 470 g/mol. The monoisotopic (exact) mass is 497 g/mol. The van der Waals surface area contributed by atoms with E-state index in [1.165, 1.54) is 18.4 Å². The number of H-pyrrole nitrogens is 1. The van der Waals surface area contributed by atoms with Gasteiger partial charge in [-0.1, -0.05) is 13.8 Å². The van der Waals surface area contributed by atoms with Gasteiger partial charge in [0.1, 0.15) is 23.2 Å². The number of carbonyl (C=O) groups excluding carboxylic acids is 1. The molecule has 0 bridgehead atoms. The highest BCUT2D eigenvalue weighted by Crippen LogP contribution is 2.34. The number of fused-ring (bicyclic) bond motifs is 2. The first-order valence-electron chi connectivity index (χ1n) is 11.5. The second-order valence-corrected chi connectivity index (χ2v) is 10.4. The van der Waals surface area contributed by atoms with Gasteiger partial charge in [-0.15, -0.1) is 11.3 Å². The van der Waals surface area contributed by atoms with Gasteiger partial charge in [0.25, 0.3) is 11.5 Å². The lowest BCUT2D eigenvalue weighted by Crippen LogP contribution is -2.39. The maximum Gasteiger partial charge on any atom is 0.331 e. The molecule has 0 unspecified atom stereocenters. The molecule has 1 amide bonds. The molecule has 5 heterocycles. The van der Waals surface area contributed by atoms with Gasteiger partial charge in [-0.2, -0.15) is 0 Å². The van der Waals surface area contributed by atoms with Gasteiger partial charge in [0, 0.05) is 42.2 Å². The molecule has 1 atom stereocenters. The predicted octanol–water partition coefficient (Wildman–Crippen LogP) is 1.94. The van der Waals surface area contributed by atoms with Crippen molar-refractivity contribution in [3.8, 4) is 0 Å². The number of hydroxylamine groups is 2. The Bertz CT molecular complexity index is 1580. The van der Waals surface area contributed by atoms with Crippen LogP contribution in [0.3, 0.4) is 0 Å². The molecule has 0 spiro atoms. The summed E-state index contributed by atoms with van der Waals surface area (Å²) < 4.78 is 2.63. The highest BCUT2D eigenvalue weighted by atomic mass is 32.1. The minimum atomic E-state index is -0.795. The van der Waals surface area contributed by atoms with E-state index in [-0.39, 0.29) is 30.0 Å². The first kappa shape index (κ1) is 23.5. The minimum Gasteiger partial charge on any atom is -0.389 e. The van der Waals surface area contributed by atoms with Crippen molar-refractivity contribution in [1.29, 1.82) is 0 Å². The van der Waals surface area contributed by atoms with E-state index >= 15 is 0 Å². The van der Waals surface area contributed by atoms with Gasteiger partial charge in [0.2, 0.25) is 0 Å². The van der Waals surface area contributed by atoms with Crippen molar-refractivity contribution in [2.45, 2.75) is 39.8 Å². The number of rotatable bonds is 5. The van der Waals surface area contributed by atoms with Crippen LogP contribution in [0.2, 0.25) is 0 Å². The molecule has 184 valence electrons. The molecule has 1 aliphatic rings. The molecule has 10 nitrogen and oxygen atoms in total. The smallest absolute Gasteiger partial charge is 0.331 e. The maximum atomic E-state index is 13.7. The number of aliphatic hydroxyl groups excluding tert-OH is 1. The summed E-state index contributed by atoms with van der Waals surface area (Å²) in [5.41, 5.74) is 1.90. The molecule has 35 heavy (non-hydrogen) atoms. The van der Waals surface area contributed by atoms with Gasteiger partial charge in [-0.25, -0.2) is 14.8 Å². The van der Waals surface area contributed by atoms with Crippen LogP contribution in [0.15, 0.2) is 27.9 Å². The quantitative estimate of drug-likeness (QED) is 0.435. The van der Waals surface area contributed by atoms with Crippen molar-refractivity contribution in [3.63, 3.8) is 0 Å². The van der Waals surface area contributed by atoms with E-state index in [2.05, 4.69) is 9.97 Å². The molecule has 4 aromatic heterocycles. The number of nitrogens with zero attached hydrogens (tertiary/aromatic N) is 4. The molecule has 1 fully saturated rings. The summed E-state index contributed by atoms with van der Waals surface area (Å²) in [6.45, 7) is 6.35. The van der Waals surface area contributed by atoms with Crippen LogP contribution in [0.25, 0.3) is 21.3 Å². The highest BCUT2D eigenvalue weighted by Gasteiger charge is 2.33. The predicted molar refractivity (Wildman–Crippen MR) is 133 cm³/mol. The fourth-order valence-electron chi connectivity index (χ4n) is 4.58. The zero-order valence-electron chi connectivity index (χ0n) is 20.0. The highest BCUT2D eigenvalue weighted by molar-refractivity contribution is 7.19. The van der Waals surface area contributed by atoms with E-state index in [0.717, 1.165) is 31.9 Å². The summed E-state index contributed by atoms with van der Waals surface area (Å²) in [6.07, 6.45) is 1.28. The normalized spacial score (nSPS) is 16.3. The molecule has 5 rings (SSSR count). The number of pyridine rings is 1. The van der Waals surface area contributed by atoms with E-state index in [9.17, 15) is 19.5 Å². The summed E-state index contributed by atoms with van der Waals surface area (Å²) in [4.78, 5) is 54.3. The topological polar surface area (TPSA) is 122 Å². The molecule has 11 heteroatoms. The van der Waals surface area contributed by atoms with Crippen molar-refractivity contribution in [1.82, 2.24) is 24.2 Å². The van der Waals surface area contributed by atoms with Gasteiger partial charge >= 0.3 is 5.69 Å². The first-order valence-corrected chi connectivity index (χ1v) is 12.3. The molecule has 2 N–H and O–H groups in total. The van der Waals surface area contributed by atoms with Crippen LogP contribution >= 0.6 is 11.3 Å². The number of hydrogen-bond donors (Lipinski definition) is 2. The average molecular weight is 498 g/mol. The lowest BCUT2D eigenvalue weighted by Gasteiger charge is -2.15. The zero-order chi connectivity index (χ0) is 25.0. The molecule has 0 radical (unpaired) electrons. The Morgan fingerprint density at radius 2 is 2.14 bits per heavy atom. The summed E-state index contributed by atoms with van der Waals surface area (Å²) in [6, 6.07) is 3.81. The molecule has 4 aromatic rings. The number of β-amino-alcohol motifs (C(OH)–C–C–N with tert-alkyl or cyclic N) is 1. The first-order chi connectivity index (χ1) is 16.7.